The van der Waals surface area contributed by atoms with Crippen LogP contribution in [0.5, 0.6) is 0 Å². The molecule has 98 valence electrons. The number of nitrogens with zero attached hydrogens (tertiary/aromatic N) is 3. The van der Waals surface area contributed by atoms with Crippen molar-refractivity contribution in [1.82, 2.24) is 20.3 Å². The molecule has 0 aromatic carbocycles. The van der Waals surface area contributed by atoms with E-state index in [2.05, 4.69) is 29.5 Å². The van der Waals surface area contributed by atoms with E-state index in [1.807, 2.05) is 20.2 Å². The second kappa shape index (κ2) is 6.12. The minimum absolute atomic E-state index is 0.546. The topological polar surface area (TPSA) is 63.0 Å². The third kappa shape index (κ3) is 5.79. The highest BCUT2D eigenvalue weighted by Gasteiger charge is 2.21. The van der Waals surface area contributed by atoms with Crippen LogP contribution in [0.3, 0.4) is 0 Å². The Morgan fingerprint density at radius 1 is 1.53 bits per heavy atom. The summed E-state index contributed by atoms with van der Waals surface area (Å²) in [6, 6.07) is 0. The number of aryl methyl sites for hydroxylation is 1. The van der Waals surface area contributed by atoms with Crippen LogP contribution < -0.4 is 5.32 Å². The van der Waals surface area contributed by atoms with Crippen LogP contribution in [0.25, 0.3) is 0 Å². The zero-order chi connectivity index (χ0) is 12.9. The van der Waals surface area contributed by atoms with Crippen molar-refractivity contribution in [3.05, 3.63) is 11.9 Å². The van der Waals surface area contributed by atoms with E-state index in [1.54, 1.807) is 4.68 Å². The molecule has 0 bridgehead atoms. The van der Waals surface area contributed by atoms with Gasteiger partial charge in [-0.2, -0.15) is 0 Å². The number of aliphatic hydroxyl groups is 1. The second-order valence-corrected chi connectivity index (χ2v) is 5.41. The summed E-state index contributed by atoms with van der Waals surface area (Å²) in [5, 5.41) is 21.4. The Hall–Kier alpha value is -0.940. The molecule has 0 saturated heterocycles. The summed E-state index contributed by atoms with van der Waals surface area (Å²) in [4.78, 5) is 0. The minimum atomic E-state index is -0.722. The molecular formula is C12H24N4O. The molecular weight excluding hydrogens is 216 g/mol. The third-order valence-electron chi connectivity index (χ3n) is 2.61. The summed E-state index contributed by atoms with van der Waals surface area (Å²) in [6.45, 7) is 8.00. The van der Waals surface area contributed by atoms with Gasteiger partial charge in [-0.3, -0.25) is 4.68 Å². The smallest absolute Gasteiger partial charge is 0.0855 e. The number of aromatic nitrogens is 3. The van der Waals surface area contributed by atoms with Gasteiger partial charge in [-0.25, -0.2) is 0 Å². The van der Waals surface area contributed by atoms with E-state index in [1.165, 1.54) is 0 Å². The zero-order valence-electron chi connectivity index (χ0n) is 11.3. The second-order valence-electron chi connectivity index (χ2n) is 5.41. The average molecular weight is 240 g/mol. The van der Waals surface area contributed by atoms with Crippen molar-refractivity contribution in [2.75, 3.05) is 13.1 Å². The van der Waals surface area contributed by atoms with Crippen molar-refractivity contribution in [1.29, 1.82) is 0 Å². The molecule has 0 amide bonds. The molecule has 0 spiro atoms. The molecule has 1 unspecified atom stereocenters. The van der Waals surface area contributed by atoms with Gasteiger partial charge in [0.05, 0.1) is 11.3 Å². The first-order chi connectivity index (χ1) is 7.89. The van der Waals surface area contributed by atoms with Gasteiger partial charge in [-0.1, -0.05) is 19.1 Å². The lowest BCUT2D eigenvalue weighted by Gasteiger charge is -2.22. The quantitative estimate of drug-likeness (QED) is 0.690. The van der Waals surface area contributed by atoms with Crippen LogP contribution in [0.4, 0.5) is 0 Å². The Labute approximate surface area is 103 Å². The molecule has 0 aliphatic carbocycles. The first-order valence-electron chi connectivity index (χ1n) is 6.17. The van der Waals surface area contributed by atoms with Crippen LogP contribution in [0, 0.1) is 5.92 Å². The molecule has 0 saturated carbocycles. The lowest BCUT2D eigenvalue weighted by Crippen LogP contribution is -2.33. The molecule has 17 heavy (non-hydrogen) atoms. The number of hydrogen-bond donors (Lipinski definition) is 2. The fourth-order valence-corrected chi connectivity index (χ4v) is 1.70. The molecule has 0 radical (unpaired) electrons. The van der Waals surface area contributed by atoms with Gasteiger partial charge >= 0.3 is 0 Å². The standard InChI is InChI=1S/C12H24N4O/c1-10(2)8-13-6-5-12(3,17)7-11-9-16(4)15-14-11/h9-10,13,17H,5-8H2,1-4H3. The molecule has 5 heteroatoms. The van der Waals surface area contributed by atoms with Crippen LogP contribution in [0.2, 0.25) is 0 Å². The Bertz CT molecular complexity index is 333. The van der Waals surface area contributed by atoms with Gasteiger partial charge in [-0.15, -0.1) is 5.10 Å². The maximum atomic E-state index is 10.2. The first-order valence-corrected chi connectivity index (χ1v) is 6.17. The average Bonchev–Trinajstić information content (AvgIpc) is 2.57. The van der Waals surface area contributed by atoms with Crippen LogP contribution in [-0.4, -0.2) is 38.8 Å². The Kier molecular flexibility index (Phi) is 5.08. The van der Waals surface area contributed by atoms with Crippen molar-refractivity contribution in [3.63, 3.8) is 0 Å². The molecule has 1 atom stereocenters. The highest BCUT2D eigenvalue weighted by Crippen LogP contribution is 2.14. The normalized spacial score (nSPS) is 15.2. The molecule has 0 aliphatic rings. The van der Waals surface area contributed by atoms with Crippen molar-refractivity contribution >= 4 is 0 Å². The number of rotatable bonds is 7. The first kappa shape index (κ1) is 14.1. The fraction of sp³-hybridized carbons (Fsp3) is 0.833. The van der Waals surface area contributed by atoms with Crippen LogP contribution in [0.1, 0.15) is 32.9 Å². The molecule has 1 rings (SSSR count). The summed E-state index contributed by atoms with van der Waals surface area (Å²) < 4.78 is 1.66. The van der Waals surface area contributed by atoms with E-state index in [0.717, 1.165) is 25.2 Å². The van der Waals surface area contributed by atoms with E-state index >= 15 is 0 Å². The van der Waals surface area contributed by atoms with Crippen LogP contribution in [-0.2, 0) is 13.5 Å². The highest BCUT2D eigenvalue weighted by atomic mass is 16.3. The summed E-state index contributed by atoms with van der Waals surface area (Å²) in [7, 11) is 1.83. The van der Waals surface area contributed by atoms with Crippen LogP contribution >= 0.6 is 0 Å². The van der Waals surface area contributed by atoms with Gasteiger partial charge in [0.15, 0.2) is 0 Å². The van der Waals surface area contributed by atoms with E-state index < -0.39 is 5.60 Å². The summed E-state index contributed by atoms with van der Waals surface area (Å²) >= 11 is 0. The maximum absolute atomic E-state index is 10.2. The van der Waals surface area contributed by atoms with E-state index in [4.69, 9.17) is 0 Å². The summed E-state index contributed by atoms with van der Waals surface area (Å²) in [5.74, 6) is 0.639. The van der Waals surface area contributed by atoms with E-state index in [-0.39, 0.29) is 0 Å². The van der Waals surface area contributed by atoms with E-state index in [0.29, 0.717) is 12.3 Å². The Morgan fingerprint density at radius 2 is 2.24 bits per heavy atom. The van der Waals surface area contributed by atoms with Crippen molar-refractivity contribution in [2.24, 2.45) is 13.0 Å². The molecule has 2 N–H and O–H groups in total. The molecule has 0 aliphatic heterocycles. The van der Waals surface area contributed by atoms with Crippen LogP contribution in [0.15, 0.2) is 6.20 Å². The molecule has 1 heterocycles. The number of nitrogens with one attached hydrogen (secondary N) is 1. The van der Waals surface area contributed by atoms with Gasteiger partial charge in [0.1, 0.15) is 0 Å². The van der Waals surface area contributed by atoms with Gasteiger partial charge in [0, 0.05) is 19.7 Å². The lowest BCUT2D eigenvalue weighted by molar-refractivity contribution is 0.0504. The van der Waals surface area contributed by atoms with Crippen molar-refractivity contribution < 1.29 is 5.11 Å². The molecule has 1 aromatic heterocycles. The summed E-state index contributed by atoms with van der Waals surface area (Å²) in [6.07, 6.45) is 3.11. The summed E-state index contributed by atoms with van der Waals surface area (Å²) in [5.41, 5.74) is 0.112. The van der Waals surface area contributed by atoms with E-state index in [9.17, 15) is 5.11 Å². The monoisotopic (exact) mass is 240 g/mol. The lowest BCUT2D eigenvalue weighted by atomic mass is 9.96. The van der Waals surface area contributed by atoms with Gasteiger partial charge < -0.3 is 10.4 Å². The Balaban J connectivity index is 2.30. The fourth-order valence-electron chi connectivity index (χ4n) is 1.70. The molecule has 1 aromatic rings. The van der Waals surface area contributed by atoms with Gasteiger partial charge in [-0.05, 0) is 32.4 Å². The predicted molar refractivity (Wildman–Crippen MR) is 67.7 cm³/mol. The van der Waals surface area contributed by atoms with Gasteiger partial charge in [0.2, 0.25) is 0 Å². The number of hydrogen-bond acceptors (Lipinski definition) is 4. The van der Waals surface area contributed by atoms with Gasteiger partial charge in [0.25, 0.3) is 0 Å². The van der Waals surface area contributed by atoms with Crippen molar-refractivity contribution in [3.8, 4) is 0 Å². The molecule has 0 fully saturated rings. The predicted octanol–water partition coefficient (Wildman–Crippen LogP) is 0.744. The SMILES string of the molecule is CC(C)CNCCC(C)(O)Cc1cn(C)nn1. The largest absolute Gasteiger partial charge is 0.390 e. The minimum Gasteiger partial charge on any atom is -0.390 e. The van der Waals surface area contributed by atoms with Crippen molar-refractivity contribution in [2.45, 2.75) is 39.2 Å². The highest BCUT2D eigenvalue weighted by molar-refractivity contribution is 4.98. The maximum Gasteiger partial charge on any atom is 0.0855 e. The Morgan fingerprint density at radius 3 is 2.76 bits per heavy atom. The molecule has 5 nitrogen and oxygen atoms in total. The zero-order valence-corrected chi connectivity index (χ0v) is 11.3. The third-order valence-corrected chi connectivity index (χ3v) is 2.61.